The van der Waals surface area contributed by atoms with Gasteiger partial charge in [0, 0.05) is 29.4 Å². The normalized spacial score (nSPS) is 10.5. The van der Waals surface area contributed by atoms with Crippen molar-refractivity contribution in [1.82, 2.24) is 5.32 Å². The molecule has 0 saturated heterocycles. The largest absolute Gasteiger partial charge is 0.396 e. The number of amides is 1. The number of aliphatic hydroxyl groups is 1. The van der Waals surface area contributed by atoms with Crippen LogP contribution >= 0.6 is 23.5 Å². The Morgan fingerprint density at radius 2 is 2.16 bits per heavy atom. The standard InChI is InChI=1S/C14H21NO2S2/c1-11-4-5-12(18-2)10-13(11)14(17)15-6-9-19-8-3-7-16/h4-5,10,16H,3,6-9H2,1-2H3,(H,15,17). The van der Waals surface area contributed by atoms with Gasteiger partial charge in [0.05, 0.1) is 0 Å². The molecule has 1 aromatic rings. The summed E-state index contributed by atoms with van der Waals surface area (Å²) in [4.78, 5) is 13.2. The summed E-state index contributed by atoms with van der Waals surface area (Å²) in [6.45, 7) is 2.85. The van der Waals surface area contributed by atoms with Gasteiger partial charge in [0.1, 0.15) is 0 Å². The van der Waals surface area contributed by atoms with Gasteiger partial charge in [-0.3, -0.25) is 4.79 Å². The second-order valence-electron chi connectivity index (χ2n) is 4.13. The molecule has 0 bridgehead atoms. The van der Waals surface area contributed by atoms with E-state index >= 15 is 0 Å². The van der Waals surface area contributed by atoms with Crippen LogP contribution in [0.3, 0.4) is 0 Å². The lowest BCUT2D eigenvalue weighted by molar-refractivity contribution is 0.0955. The quantitative estimate of drug-likeness (QED) is 0.572. The molecule has 0 radical (unpaired) electrons. The van der Waals surface area contributed by atoms with Gasteiger partial charge in [-0.05, 0) is 43.0 Å². The topological polar surface area (TPSA) is 49.3 Å². The fourth-order valence-electron chi connectivity index (χ4n) is 1.57. The number of nitrogens with one attached hydrogen (secondary N) is 1. The van der Waals surface area contributed by atoms with Crippen LogP contribution in [0.15, 0.2) is 23.1 Å². The third kappa shape index (κ3) is 5.89. The van der Waals surface area contributed by atoms with Crippen LogP contribution in [-0.2, 0) is 0 Å². The molecule has 106 valence electrons. The van der Waals surface area contributed by atoms with E-state index in [4.69, 9.17) is 5.11 Å². The molecule has 0 unspecified atom stereocenters. The van der Waals surface area contributed by atoms with Gasteiger partial charge in [-0.15, -0.1) is 11.8 Å². The smallest absolute Gasteiger partial charge is 0.251 e. The van der Waals surface area contributed by atoms with Crippen molar-refractivity contribution in [3.63, 3.8) is 0 Å². The van der Waals surface area contributed by atoms with E-state index in [9.17, 15) is 4.79 Å². The number of carbonyl (C=O) groups is 1. The molecular weight excluding hydrogens is 278 g/mol. The van der Waals surface area contributed by atoms with E-state index in [0.29, 0.717) is 6.54 Å². The van der Waals surface area contributed by atoms with Crippen molar-refractivity contribution in [2.75, 3.05) is 30.9 Å². The first-order valence-electron chi connectivity index (χ1n) is 6.30. The average Bonchev–Trinajstić information content (AvgIpc) is 2.43. The maximum atomic E-state index is 12.1. The lowest BCUT2D eigenvalue weighted by Crippen LogP contribution is -2.26. The third-order valence-corrected chi connectivity index (χ3v) is 4.46. The van der Waals surface area contributed by atoms with Gasteiger partial charge in [-0.25, -0.2) is 0 Å². The van der Waals surface area contributed by atoms with Crippen molar-refractivity contribution in [1.29, 1.82) is 0 Å². The van der Waals surface area contributed by atoms with Crippen molar-refractivity contribution >= 4 is 29.4 Å². The van der Waals surface area contributed by atoms with Crippen LogP contribution < -0.4 is 5.32 Å². The predicted octanol–water partition coefficient (Wildman–Crippen LogP) is 2.56. The van der Waals surface area contributed by atoms with Crippen LogP contribution in [0.1, 0.15) is 22.3 Å². The summed E-state index contributed by atoms with van der Waals surface area (Å²) < 4.78 is 0. The second kappa shape index (κ2) is 9.28. The first-order valence-corrected chi connectivity index (χ1v) is 8.68. The molecule has 1 rings (SSSR count). The Hall–Kier alpha value is -0.650. The Balaban J connectivity index is 2.40. The number of benzene rings is 1. The minimum Gasteiger partial charge on any atom is -0.396 e. The lowest BCUT2D eigenvalue weighted by atomic mass is 10.1. The molecule has 2 N–H and O–H groups in total. The third-order valence-electron chi connectivity index (χ3n) is 2.67. The van der Waals surface area contributed by atoms with Gasteiger partial charge >= 0.3 is 0 Å². The number of rotatable bonds is 8. The minimum atomic E-state index is -0.00356. The molecule has 0 saturated carbocycles. The summed E-state index contributed by atoms with van der Waals surface area (Å²) in [5.41, 5.74) is 1.76. The van der Waals surface area contributed by atoms with Crippen molar-refractivity contribution in [2.45, 2.75) is 18.2 Å². The first kappa shape index (κ1) is 16.4. The van der Waals surface area contributed by atoms with Crippen molar-refractivity contribution in [3.8, 4) is 0 Å². The van der Waals surface area contributed by atoms with Crippen LogP contribution in [0.2, 0.25) is 0 Å². The molecule has 0 aliphatic heterocycles. The molecule has 0 aromatic heterocycles. The van der Waals surface area contributed by atoms with E-state index in [2.05, 4.69) is 5.32 Å². The van der Waals surface area contributed by atoms with Crippen LogP contribution in [0.25, 0.3) is 0 Å². The van der Waals surface area contributed by atoms with Gasteiger partial charge < -0.3 is 10.4 Å². The fourth-order valence-corrected chi connectivity index (χ4v) is 2.80. The van der Waals surface area contributed by atoms with Crippen molar-refractivity contribution < 1.29 is 9.90 Å². The van der Waals surface area contributed by atoms with E-state index in [-0.39, 0.29) is 12.5 Å². The zero-order valence-corrected chi connectivity index (χ0v) is 13.1. The number of thioether (sulfide) groups is 2. The number of hydrogen-bond acceptors (Lipinski definition) is 4. The summed E-state index contributed by atoms with van der Waals surface area (Å²) in [5.74, 6) is 1.82. The fraction of sp³-hybridized carbons (Fsp3) is 0.500. The number of hydrogen-bond donors (Lipinski definition) is 2. The maximum Gasteiger partial charge on any atom is 0.251 e. The zero-order valence-electron chi connectivity index (χ0n) is 11.4. The molecule has 0 aliphatic rings. The monoisotopic (exact) mass is 299 g/mol. The van der Waals surface area contributed by atoms with Gasteiger partial charge in [-0.1, -0.05) is 6.07 Å². The highest BCUT2D eigenvalue weighted by molar-refractivity contribution is 7.99. The van der Waals surface area contributed by atoms with Crippen LogP contribution in [0.4, 0.5) is 0 Å². The molecule has 0 heterocycles. The molecule has 0 fully saturated rings. The Morgan fingerprint density at radius 3 is 2.84 bits per heavy atom. The number of carbonyl (C=O) groups excluding carboxylic acids is 1. The van der Waals surface area contributed by atoms with E-state index in [1.807, 2.05) is 31.4 Å². The Morgan fingerprint density at radius 1 is 1.37 bits per heavy atom. The highest BCUT2D eigenvalue weighted by atomic mass is 32.2. The Kier molecular flexibility index (Phi) is 8.02. The van der Waals surface area contributed by atoms with Gasteiger partial charge in [0.2, 0.25) is 0 Å². The SMILES string of the molecule is CSc1ccc(C)c(C(=O)NCCSCCCO)c1. The van der Waals surface area contributed by atoms with Crippen LogP contribution in [0, 0.1) is 6.92 Å². The molecule has 0 atom stereocenters. The highest BCUT2D eigenvalue weighted by Crippen LogP contribution is 2.19. The minimum absolute atomic E-state index is 0.00356. The molecule has 19 heavy (non-hydrogen) atoms. The van der Waals surface area contributed by atoms with E-state index in [0.717, 1.165) is 33.9 Å². The molecule has 3 nitrogen and oxygen atoms in total. The average molecular weight is 299 g/mol. The van der Waals surface area contributed by atoms with Gasteiger partial charge in [-0.2, -0.15) is 11.8 Å². The predicted molar refractivity (Wildman–Crippen MR) is 84.3 cm³/mol. The lowest BCUT2D eigenvalue weighted by Gasteiger charge is -2.09. The second-order valence-corrected chi connectivity index (χ2v) is 6.23. The van der Waals surface area contributed by atoms with Gasteiger partial charge in [0.15, 0.2) is 0 Å². The highest BCUT2D eigenvalue weighted by Gasteiger charge is 2.09. The Labute approximate surface area is 123 Å². The van der Waals surface area contributed by atoms with Gasteiger partial charge in [0.25, 0.3) is 5.91 Å². The number of aliphatic hydroxyl groups excluding tert-OH is 1. The Bertz CT molecular complexity index is 410. The number of aryl methyl sites for hydroxylation is 1. The summed E-state index contributed by atoms with van der Waals surface area (Å²) in [6, 6.07) is 5.95. The molecule has 1 aromatic carbocycles. The van der Waals surface area contributed by atoms with E-state index < -0.39 is 0 Å². The molecule has 0 spiro atoms. The molecule has 1 amide bonds. The van der Waals surface area contributed by atoms with Crippen molar-refractivity contribution in [3.05, 3.63) is 29.3 Å². The summed E-state index contributed by atoms with van der Waals surface area (Å²) in [6.07, 6.45) is 2.82. The molecule has 0 aliphatic carbocycles. The molecule has 5 heteroatoms. The maximum absolute atomic E-state index is 12.1. The zero-order chi connectivity index (χ0) is 14.1. The van der Waals surface area contributed by atoms with Crippen molar-refractivity contribution in [2.24, 2.45) is 0 Å². The summed E-state index contributed by atoms with van der Waals surface area (Å²) >= 11 is 3.39. The van der Waals surface area contributed by atoms with E-state index in [1.54, 1.807) is 23.5 Å². The van der Waals surface area contributed by atoms with Crippen LogP contribution in [0.5, 0.6) is 0 Å². The molecular formula is C14H21NO2S2. The van der Waals surface area contributed by atoms with E-state index in [1.165, 1.54) is 0 Å². The first-order chi connectivity index (χ1) is 9.19. The summed E-state index contributed by atoms with van der Waals surface area (Å²) in [5, 5.41) is 11.6. The summed E-state index contributed by atoms with van der Waals surface area (Å²) in [7, 11) is 0. The van der Waals surface area contributed by atoms with Crippen LogP contribution in [-0.4, -0.2) is 41.9 Å².